The number of hydrogen-bond donors (Lipinski definition) is 0. The molecular formula is C21H27ClN4O3. The minimum Gasteiger partial charge on any atom is -0.449 e. The molecule has 0 radical (unpaired) electrons. The number of aryl methyl sites for hydroxylation is 1. The fourth-order valence-electron chi connectivity index (χ4n) is 3.27. The van der Waals surface area contributed by atoms with E-state index in [-0.39, 0.29) is 17.9 Å². The minimum absolute atomic E-state index is 0.160. The lowest BCUT2D eigenvalue weighted by Gasteiger charge is -2.22. The van der Waals surface area contributed by atoms with Gasteiger partial charge in [0.1, 0.15) is 5.15 Å². The quantitative estimate of drug-likeness (QED) is 0.757. The first-order valence-corrected chi connectivity index (χ1v) is 10.3. The number of halogens is 1. The van der Waals surface area contributed by atoms with Crippen LogP contribution in [0.2, 0.25) is 5.15 Å². The topological polar surface area (TPSA) is 67.7 Å². The van der Waals surface area contributed by atoms with Gasteiger partial charge in [0.15, 0.2) is 0 Å². The maximum Gasteiger partial charge on any atom is 0.409 e. The summed E-state index contributed by atoms with van der Waals surface area (Å²) < 4.78 is 6.90. The van der Waals surface area contributed by atoms with Crippen LogP contribution in [0, 0.1) is 12.8 Å². The molecule has 0 bridgehead atoms. The molecule has 7 nitrogen and oxygen atoms in total. The van der Waals surface area contributed by atoms with E-state index < -0.39 is 0 Å². The number of amides is 2. The van der Waals surface area contributed by atoms with Crippen molar-refractivity contribution in [3.63, 3.8) is 0 Å². The van der Waals surface area contributed by atoms with Crippen LogP contribution in [0.1, 0.15) is 36.3 Å². The van der Waals surface area contributed by atoms with Crippen LogP contribution < -0.4 is 0 Å². The van der Waals surface area contributed by atoms with Crippen molar-refractivity contribution >= 4 is 23.6 Å². The number of hydrogen-bond acceptors (Lipinski definition) is 4. The van der Waals surface area contributed by atoms with Crippen LogP contribution in [-0.4, -0.2) is 64.4 Å². The standard InChI is InChI=1S/C21H27ClN4O3/c1-15(2)14-29-21(28)25-11-7-10-24(12-13-25)20(27)18-16(3)23-26(19(18)22)17-8-5-4-6-9-17/h4-6,8-9,15H,7,10-14H2,1-3H3. The Morgan fingerprint density at radius 2 is 1.76 bits per heavy atom. The van der Waals surface area contributed by atoms with Crippen molar-refractivity contribution in [3.8, 4) is 5.69 Å². The highest BCUT2D eigenvalue weighted by molar-refractivity contribution is 6.33. The van der Waals surface area contributed by atoms with Gasteiger partial charge >= 0.3 is 6.09 Å². The molecule has 3 rings (SSSR count). The molecule has 1 fully saturated rings. The number of ether oxygens (including phenoxy) is 1. The summed E-state index contributed by atoms with van der Waals surface area (Å²) in [6, 6.07) is 9.48. The first kappa shape index (κ1) is 21.2. The summed E-state index contributed by atoms with van der Waals surface area (Å²) in [5, 5.41) is 4.76. The zero-order valence-corrected chi connectivity index (χ0v) is 17.9. The Bertz CT molecular complexity index is 866. The van der Waals surface area contributed by atoms with Crippen molar-refractivity contribution in [2.75, 3.05) is 32.8 Å². The lowest BCUT2D eigenvalue weighted by Crippen LogP contribution is -2.38. The summed E-state index contributed by atoms with van der Waals surface area (Å²) in [5.74, 6) is 0.127. The molecule has 2 amide bonds. The normalized spacial score (nSPS) is 14.8. The van der Waals surface area contributed by atoms with Crippen LogP contribution >= 0.6 is 11.6 Å². The largest absolute Gasteiger partial charge is 0.449 e. The van der Waals surface area contributed by atoms with Gasteiger partial charge in [0, 0.05) is 26.2 Å². The number of nitrogens with zero attached hydrogens (tertiary/aromatic N) is 4. The monoisotopic (exact) mass is 418 g/mol. The summed E-state index contributed by atoms with van der Waals surface area (Å²) >= 11 is 6.54. The van der Waals surface area contributed by atoms with Gasteiger partial charge < -0.3 is 14.5 Å². The summed E-state index contributed by atoms with van der Waals surface area (Å²) in [7, 11) is 0. The highest BCUT2D eigenvalue weighted by Gasteiger charge is 2.28. The van der Waals surface area contributed by atoms with Crippen molar-refractivity contribution in [2.24, 2.45) is 5.92 Å². The Balaban J connectivity index is 1.71. The average Bonchev–Trinajstić information content (AvgIpc) is 2.88. The van der Waals surface area contributed by atoms with Gasteiger partial charge in [0.2, 0.25) is 0 Å². The molecule has 0 aliphatic carbocycles. The van der Waals surface area contributed by atoms with Crippen LogP contribution in [0.5, 0.6) is 0 Å². The Labute approximate surface area is 176 Å². The highest BCUT2D eigenvalue weighted by atomic mass is 35.5. The fraction of sp³-hybridized carbons (Fsp3) is 0.476. The van der Waals surface area contributed by atoms with Crippen molar-refractivity contribution in [1.29, 1.82) is 0 Å². The van der Waals surface area contributed by atoms with E-state index in [2.05, 4.69) is 5.10 Å². The molecule has 1 saturated heterocycles. The Morgan fingerprint density at radius 3 is 2.45 bits per heavy atom. The van der Waals surface area contributed by atoms with Gasteiger partial charge in [-0.05, 0) is 31.4 Å². The van der Waals surface area contributed by atoms with E-state index in [1.54, 1.807) is 21.4 Å². The molecule has 1 aromatic heterocycles. The maximum absolute atomic E-state index is 13.2. The van der Waals surface area contributed by atoms with E-state index in [1.807, 2.05) is 44.2 Å². The Hall–Kier alpha value is -2.54. The molecule has 0 N–H and O–H groups in total. The highest BCUT2D eigenvalue weighted by Crippen LogP contribution is 2.25. The van der Waals surface area contributed by atoms with Crippen LogP contribution in [0.4, 0.5) is 4.79 Å². The predicted octanol–water partition coefficient (Wildman–Crippen LogP) is 3.77. The molecule has 0 saturated carbocycles. The number of carbonyl (C=O) groups is 2. The Kier molecular flexibility index (Phi) is 6.79. The van der Waals surface area contributed by atoms with Crippen LogP contribution in [0.3, 0.4) is 0 Å². The average molecular weight is 419 g/mol. The molecule has 2 heterocycles. The van der Waals surface area contributed by atoms with Crippen molar-refractivity contribution in [1.82, 2.24) is 19.6 Å². The number of para-hydroxylation sites is 1. The zero-order chi connectivity index (χ0) is 21.0. The smallest absolute Gasteiger partial charge is 0.409 e. The second kappa shape index (κ2) is 9.31. The molecule has 29 heavy (non-hydrogen) atoms. The molecule has 0 spiro atoms. The van der Waals surface area contributed by atoms with Crippen molar-refractivity contribution < 1.29 is 14.3 Å². The molecule has 1 aliphatic heterocycles. The summed E-state index contributed by atoms with van der Waals surface area (Å²) in [6.45, 7) is 8.16. The lowest BCUT2D eigenvalue weighted by molar-refractivity contribution is 0.0746. The van der Waals surface area contributed by atoms with Crippen LogP contribution in [0.15, 0.2) is 30.3 Å². The second-order valence-electron chi connectivity index (χ2n) is 7.60. The van der Waals surface area contributed by atoms with Gasteiger partial charge in [-0.3, -0.25) is 4.79 Å². The molecule has 2 aromatic rings. The SMILES string of the molecule is Cc1nn(-c2ccccc2)c(Cl)c1C(=O)N1CCCN(C(=O)OCC(C)C)CC1. The minimum atomic E-state index is -0.320. The third-order valence-electron chi connectivity index (χ3n) is 4.80. The van der Waals surface area contributed by atoms with E-state index in [0.29, 0.717) is 55.6 Å². The summed E-state index contributed by atoms with van der Waals surface area (Å²) in [4.78, 5) is 28.8. The third-order valence-corrected chi connectivity index (χ3v) is 5.15. The third kappa shape index (κ3) is 4.90. The van der Waals surface area contributed by atoms with Gasteiger partial charge in [-0.15, -0.1) is 0 Å². The predicted molar refractivity (Wildman–Crippen MR) is 112 cm³/mol. The summed E-state index contributed by atoms with van der Waals surface area (Å²) in [5.41, 5.74) is 1.79. The number of benzene rings is 1. The molecule has 1 aromatic carbocycles. The molecule has 0 atom stereocenters. The van der Waals surface area contributed by atoms with Gasteiger partial charge in [0.05, 0.1) is 23.6 Å². The molecule has 8 heteroatoms. The van der Waals surface area contributed by atoms with E-state index in [4.69, 9.17) is 16.3 Å². The molecule has 0 unspecified atom stereocenters. The van der Waals surface area contributed by atoms with E-state index in [1.165, 1.54) is 0 Å². The second-order valence-corrected chi connectivity index (χ2v) is 7.96. The first-order chi connectivity index (χ1) is 13.9. The van der Waals surface area contributed by atoms with Gasteiger partial charge in [-0.25, -0.2) is 9.48 Å². The van der Waals surface area contributed by atoms with Crippen molar-refractivity contribution in [2.45, 2.75) is 27.2 Å². The van der Waals surface area contributed by atoms with Crippen molar-refractivity contribution in [3.05, 3.63) is 46.7 Å². The van der Waals surface area contributed by atoms with E-state index in [0.717, 1.165) is 5.69 Å². The van der Waals surface area contributed by atoms with Crippen LogP contribution in [-0.2, 0) is 4.74 Å². The molecule has 1 aliphatic rings. The van der Waals surface area contributed by atoms with Gasteiger partial charge in [0.25, 0.3) is 5.91 Å². The number of carbonyl (C=O) groups excluding carboxylic acids is 2. The molecular weight excluding hydrogens is 392 g/mol. The molecule has 156 valence electrons. The first-order valence-electron chi connectivity index (χ1n) is 9.90. The van der Waals surface area contributed by atoms with E-state index >= 15 is 0 Å². The Morgan fingerprint density at radius 1 is 1.10 bits per heavy atom. The number of aromatic nitrogens is 2. The van der Waals surface area contributed by atoms with E-state index in [9.17, 15) is 9.59 Å². The van der Waals surface area contributed by atoms with Gasteiger partial charge in [-0.2, -0.15) is 5.10 Å². The summed E-state index contributed by atoms with van der Waals surface area (Å²) in [6.07, 6.45) is 0.366. The number of rotatable bonds is 4. The fourth-order valence-corrected chi connectivity index (χ4v) is 3.63. The lowest BCUT2D eigenvalue weighted by atomic mass is 10.2. The van der Waals surface area contributed by atoms with Gasteiger partial charge in [-0.1, -0.05) is 43.6 Å². The zero-order valence-electron chi connectivity index (χ0n) is 17.1. The van der Waals surface area contributed by atoms with Crippen LogP contribution in [0.25, 0.3) is 5.69 Å². The maximum atomic E-state index is 13.2.